The molecule has 0 radical (unpaired) electrons. The monoisotopic (exact) mass is 392 g/mol. The summed E-state index contributed by atoms with van der Waals surface area (Å²) in [4.78, 5) is 25.9. The molecule has 2 aromatic heterocycles. The lowest BCUT2D eigenvalue weighted by Crippen LogP contribution is -2.50. The van der Waals surface area contributed by atoms with E-state index in [1.54, 1.807) is 0 Å². The van der Waals surface area contributed by atoms with Crippen LogP contribution in [0.4, 0.5) is 10.5 Å². The van der Waals surface area contributed by atoms with Crippen LogP contribution in [-0.4, -0.2) is 63.1 Å². The third-order valence-electron chi connectivity index (χ3n) is 5.75. The van der Waals surface area contributed by atoms with E-state index in [1.165, 1.54) is 11.1 Å². The Labute approximate surface area is 171 Å². The number of nitrogens with zero attached hydrogens (tertiary/aromatic N) is 5. The number of urea groups is 1. The number of nitrogens with one attached hydrogen (secondary N) is 1. The summed E-state index contributed by atoms with van der Waals surface area (Å²) >= 11 is 0. The van der Waals surface area contributed by atoms with Crippen molar-refractivity contribution in [1.29, 1.82) is 0 Å². The normalized spacial score (nSPS) is 15.1. The van der Waals surface area contributed by atoms with Gasteiger partial charge in [0.05, 0.1) is 0 Å². The van der Waals surface area contributed by atoms with Crippen LogP contribution in [0.5, 0.6) is 0 Å². The Morgan fingerprint density at radius 1 is 1.03 bits per heavy atom. The van der Waals surface area contributed by atoms with Gasteiger partial charge in [0.1, 0.15) is 11.3 Å². The summed E-state index contributed by atoms with van der Waals surface area (Å²) in [6.07, 6.45) is 1.81. The molecule has 0 spiro atoms. The molecular weight excluding hydrogens is 364 g/mol. The summed E-state index contributed by atoms with van der Waals surface area (Å²) in [7, 11) is 0. The number of benzene rings is 1. The minimum Gasteiger partial charge on any atom is -0.322 e. The number of carbonyl (C=O) groups excluding carboxylic acids is 1. The van der Waals surface area contributed by atoms with Crippen LogP contribution >= 0.6 is 0 Å². The van der Waals surface area contributed by atoms with Crippen LogP contribution in [0.1, 0.15) is 17.0 Å². The maximum atomic E-state index is 12.6. The largest absolute Gasteiger partial charge is 0.322 e. The SMILES string of the molecule is Cc1ccc(NC(=O)N2CCN(CCn3c(C)nc4cccnc43)CC2)cc1C. The second-order valence-corrected chi connectivity index (χ2v) is 7.71. The molecular formula is C22H28N6O. The summed E-state index contributed by atoms with van der Waals surface area (Å²) < 4.78 is 2.17. The van der Waals surface area contributed by atoms with Crippen LogP contribution < -0.4 is 5.32 Å². The molecule has 152 valence electrons. The highest BCUT2D eigenvalue weighted by Crippen LogP contribution is 2.16. The average molecular weight is 393 g/mol. The molecule has 1 fully saturated rings. The molecule has 0 aliphatic carbocycles. The molecule has 3 aromatic rings. The molecule has 0 bridgehead atoms. The Morgan fingerprint density at radius 3 is 2.59 bits per heavy atom. The van der Waals surface area contributed by atoms with Crippen molar-refractivity contribution in [1.82, 2.24) is 24.3 Å². The quantitative estimate of drug-likeness (QED) is 0.740. The van der Waals surface area contributed by atoms with Gasteiger partial charge in [0, 0.05) is 51.2 Å². The second kappa shape index (κ2) is 8.21. The van der Waals surface area contributed by atoms with E-state index in [4.69, 9.17) is 0 Å². The van der Waals surface area contributed by atoms with Gasteiger partial charge < -0.3 is 14.8 Å². The van der Waals surface area contributed by atoms with E-state index in [0.717, 1.165) is 61.9 Å². The Morgan fingerprint density at radius 2 is 1.83 bits per heavy atom. The van der Waals surface area contributed by atoms with Gasteiger partial charge in [-0.15, -0.1) is 0 Å². The van der Waals surface area contributed by atoms with Crippen LogP contribution in [0.2, 0.25) is 0 Å². The van der Waals surface area contributed by atoms with Gasteiger partial charge in [-0.2, -0.15) is 0 Å². The maximum Gasteiger partial charge on any atom is 0.321 e. The zero-order valence-corrected chi connectivity index (χ0v) is 17.4. The van der Waals surface area contributed by atoms with E-state index in [1.807, 2.05) is 48.4 Å². The first-order valence-electron chi connectivity index (χ1n) is 10.1. The van der Waals surface area contributed by atoms with E-state index < -0.39 is 0 Å². The fraction of sp³-hybridized carbons (Fsp3) is 0.409. The van der Waals surface area contributed by atoms with E-state index in [-0.39, 0.29) is 6.03 Å². The van der Waals surface area contributed by atoms with Crippen molar-refractivity contribution in [2.75, 3.05) is 38.0 Å². The summed E-state index contributed by atoms with van der Waals surface area (Å²) in [5.74, 6) is 0.991. The number of hydrogen-bond donors (Lipinski definition) is 1. The number of piperazine rings is 1. The number of anilines is 1. The van der Waals surface area contributed by atoms with Gasteiger partial charge >= 0.3 is 6.03 Å². The lowest BCUT2D eigenvalue weighted by atomic mass is 10.1. The van der Waals surface area contributed by atoms with Gasteiger partial charge in [0.2, 0.25) is 0 Å². The maximum absolute atomic E-state index is 12.6. The Balaban J connectivity index is 1.29. The molecule has 0 unspecified atom stereocenters. The van der Waals surface area contributed by atoms with E-state index in [0.29, 0.717) is 0 Å². The lowest BCUT2D eigenvalue weighted by Gasteiger charge is -2.34. The molecule has 1 saturated heterocycles. The molecule has 2 amide bonds. The van der Waals surface area contributed by atoms with Crippen LogP contribution in [-0.2, 0) is 6.54 Å². The van der Waals surface area contributed by atoms with Crippen molar-refractivity contribution in [2.24, 2.45) is 0 Å². The highest BCUT2D eigenvalue weighted by molar-refractivity contribution is 5.89. The predicted octanol–water partition coefficient (Wildman–Crippen LogP) is 3.21. The number of pyridine rings is 1. The minimum absolute atomic E-state index is 0.0199. The fourth-order valence-electron chi connectivity index (χ4n) is 3.78. The summed E-state index contributed by atoms with van der Waals surface area (Å²) in [6, 6.07) is 9.92. The summed E-state index contributed by atoms with van der Waals surface area (Å²) in [5.41, 5.74) is 5.15. The Hall–Kier alpha value is -2.93. The van der Waals surface area contributed by atoms with Crippen molar-refractivity contribution in [3.05, 3.63) is 53.5 Å². The first kappa shape index (κ1) is 19.4. The average Bonchev–Trinajstić information content (AvgIpc) is 3.04. The zero-order chi connectivity index (χ0) is 20.4. The molecule has 1 N–H and O–H groups in total. The third kappa shape index (κ3) is 4.24. The molecule has 7 heteroatoms. The van der Waals surface area contributed by atoms with E-state index in [2.05, 4.69) is 38.6 Å². The molecule has 0 atom stereocenters. The van der Waals surface area contributed by atoms with Crippen molar-refractivity contribution >= 4 is 22.9 Å². The topological polar surface area (TPSA) is 66.3 Å². The van der Waals surface area contributed by atoms with Crippen molar-refractivity contribution in [3.63, 3.8) is 0 Å². The van der Waals surface area contributed by atoms with Gasteiger partial charge in [-0.3, -0.25) is 4.90 Å². The number of aromatic nitrogens is 3. The fourth-order valence-corrected chi connectivity index (χ4v) is 3.78. The lowest BCUT2D eigenvalue weighted by molar-refractivity contribution is 0.144. The Kier molecular flexibility index (Phi) is 5.49. The number of rotatable bonds is 4. The van der Waals surface area contributed by atoms with Crippen molar-refractivity contribution < 1.29 is 4.79 Å². The molecule has 1 aromatic carbocycles. The molecule has 3 heterocycles. The van der Waals surface area contributed by atoms with Crippen molar-refractivity contribution in [2.45, 2.75) is 27.3 Å². The Bertz CT molecular complexity index is 1020. The van der Waals surface area contributed by atoms with Crippen LogP contribution in [0.3, 0.4) is 0 Å². The van der Waals surface area contributed by atoms with E-state index >= 15 is 0 Å². The zero-order valence-electron chi connectivity index (χ0n) is 17.4. The number of hydrogen-bond acceptors (Lipinski definition) is 4. The predicted molar refractivity (Wildman–Crippen MR) is 115 cm³/mol. The summed E-state index contributed by atoms with van der Waals surface area (Å²) in [5, 5.41) is 3.02. The van der Waals surface area contributed by atoms with Crippen LogP contribution in [0.15, 0.2) is 36.5 Å². The van der Waals surface area contributed by atoms with Crippen LogP contribution in [0, 0.1) is 20.8 Å². The summed E-state index contributed by atoms with van der Waals surface area (Å²) in [6.45, 7) is 11.2. The van der Waals surface area contributed by atoms with Gasteiger partial charge in [-0.25, -0.2) is 14.8 Å². The van der Waals surface area contributed by atoms with Gasteiger partial charge in [-0.05, 0) is 56.2 Å². The molecule has 0 saturated carbocycles. The minimum atomic E-state index is -0.0199. The first-order valence-corrected chi connectivity index (χ1v) is 10.1. The first-order chi connectivity index (χ1) is 14.0. The molecule has 7 nitrogen and oxygen atoms in total. The van der Waals surface area contributed by atoms with Crippen molar-refractivity contribution in [3.8, 4) is 0 Å². The van der Waals surface area contributed by atoms with Gasteiger partial charge in [-0.1, -0.05) is 6.07 Å². The van der Waals surface area contributed by atoms with Gasteiger partial charge in [0.25, 0.3) is 0 Å². The second-order valence-electron chi connectivity index (χ2n) is 7.71. The number of amides is 2. The molecule has 1 aliphatic heterocycles. The third-order valence-corrected chi connectivity index (χ3v) is 5.75. The highest BCUT2D eigenvalue weighted by atomic mass is 16.2. The van der Waals surface area contributed by atoms with E-state index in [9.17, 15) is 4.79 Å². The van der Waals surface area contributed by atoms with Crippen LogP contribution in [0.25, 0.3) is 11.2 Å². The number of fused-ring (bicyclic) bond motifs is 1. The smallest absolute Gasteiger partial charge is 0.321 e. The van der Waals surface area contributed by atoms with Gasteiger partial charge in [0.15, 0.2) is 5.65 Å². The standard InChI is InChI=1S/C22H28N6O/c1-16-6-7-19(15-17(16)2)25-22(29)27-12-9-26(10-13-27)11-14-28-18(3)24-20-5-4-8-23-21(20)28/h4-8,15H,9-14H2,1-3H3,(H,25,29). The number of imidazole rings is 1. The molecule has 1 aliphatic rings. The molecule has 29 heavy (non-hydrogen) atoms. The molecule has 4 rings (SSSR count). The number of carbonyl (C=O) groups is 1. The highest BCUT2D eigenvalue weighted by Gasteiger charge is 2.21. The number of aryl methyl sites for hydroxylation is 3.